The van der Waals surface area contributed by atoms with Gasteiger partial charge in [0.25, 0.3) is 0 Å². The first-order valence-corrected chi connectivity index (χ1v) is 12.4. The van der Waals surface area contributed by atoms with Crippen LogP contribution in [0.3, 0.4) is 0 Å². The second-order valence-corrected chi connectivity index (χ2v) is 10.6. The van der Waals surface area contributed by atoms with Crippen molar-refractivity contribution < 1.29 is 23.5 Å². The molecule has 1 aromatic carbocycles. The van der Waals surface area contributed by atoms with Crippen LogP contribution in [-0.4, -0.2) is 24.2 Å². The van der Waals surface area contributed by atoms with Crippen LogP contribution in [0.15, 0.2) is 21.3 Å². The molecule has 184 valence electrons. The molecule has 0 radical (unpaired) electrons. The number of aryl methyl sites for hydroxylation is 2. The molecule has 2 aliphatic carbocycles. The Morgan fingerprint density at radius 2 is 1.74 bits per heavy atom. The Kier molecular flexibility index (Phi) is 7.01. The average molecular weight is 470 g/mol. The Labute approximate surface area is 200 Å². The van der Waals surface area contributed by atoms with E-state index in [1.54, 1.807) is 0 Å². The molecule has 7 nitrogen and oxygen atoms in total. The number of nitrogens with one attached hydrogen (secondary N) is 1. The topological polar surface area (TPSA) is 94.8 Å². The SMILES string of the molecule is Cc1c(OC(=O)C2CCC(CNC(=O)OC(C)(C)C)CC2)ccc2c3c(c(=O)oc12)CCCC3. The monoisotopic (exact) mass is 469 g/mol. The number of ether oxygens (including phenoxy) is 2. The van der Waals surface area contributed by atoms with E-state index in [1.807, 2.05) is 39.8 Å². The van der Waals surface area contributed by atoms with E-state index < -0.39 is 11.7 Å². The smallest absolute Gasteiger partial charge is 0.407 e. The molecule has 1 amide bonds. The van der Waals surface area contributed by atoms with Crippen molar-refractivity contribution in [1.29, 1.82) is 0 Å². The lowest BCUT2D eigenvalue weighted by atomic mass is 9.82. The van der Waals surface area contributed by atoms with E-state index in [1.165, 1.54) is 0 Å². The first kappa shape index (κ1) is 24.3. The van der Waals surface area contributed by atoms with Crippen LogP contribution in [-0.2, 0) is 22.4 Å². The molecule has 2 aromatic rings. The zero-order valence-corrected chi connectivity index (χ0v) is 20.6. The zero-order valence-electron chi connectivity index (χ0n) is 20.6. The Morgan fingerprint density at radius 3 is 2.41 bits per heavy atom. The summed E-state index contributed by atoms with van der Waals surface area (Å²) in [5.41, 5.74) is 2.29. The summed E-state index contributed by atoms with van der Waals surface area (Å²) < 4.78 is 16.7. The number of esters is 1. The highest BCUT2D eigenvalue weighted by molar-refractivity contribution is 5.87. The van der Waals surface area contributed by atoms with Crippen molar-refractivity contribution in [2.24, 2.45) is 11.8 Å². The maximum Gasteiger partial charge on any atom is 0.407 e. The molecule has 0 bridgehead atoms. The Balaban J connectivity index is 1.36. The lowest BCUT2D eigenvalue weighted by molar-refractivity contribution is -0.140. The number of hydrogen-bond acceptors (Lipinski definition) is 6. The molecule has 1 saturated carbocycles. The fraction of sp³-hybridized carbons (Fsp3) is 0.593. The fourth-order valence-corrected chi connectivity index (χ4v) is 5.07. The minimum absolute atomic E-state index is 0.177. The summed E-state index contributed by atoms with van der Waals surface area (Å²) in [7, 11) is 0. The summed E-state index contributed by atoms with van der Waals surface area (Å²) in [6.45, 7) is 7.89. The molecule has 1 N–H and O–H groups in total. The highest BCUT2D eigenvalue weighted by Gasteiger charge is 2.29. The van der Waals surface area contributed by atoms with Crippen LogP contribution in [0, 0.1) is 18.8 Å². The van der Waals surface area contributed by atoms with Gasteiger partial charge in [-0.15, -0.1) is 0 Å². The molecule has 1 heterocycles. The molecular formula is C27H35NO6. The molecule has 2 aliphatic rings. The van der Waals surface area contributed by atoms with Crippen molar-refractivity contribution in [3.8, 4) is 5.75 Å². The highest BCUT2D eigenvalue weighted by atomic mass is 16.6. The first-order valence-electron chi connectivity index (χ1n) is 12.4. The lowest BCUT2D eigenvalue weighted by Crippen LogP contribution is -2.36. The number of fused-ring (bicyclic) bond motifs is 3. The number of carbonyl (C=O) groups is 2. The van der Waals surface area contributed by atoms with Crippen LogP contribution in [0.25, 0.3) is 11.0 Å². The van der Waals surface area contributed by atoms with Crippen LogP contribution < -0.4 is 15.7 Å². The van der Waals surface area contributed by atoms with Crippen molar-refractivity contribution in [3.05, 3.63) is 39.2 Å². The van der Waals surface area contributed by atoms with Crippen LogP contribution in [0.2, 0.25) is 0 Å². The van der Waals surface area contributed by atoms with Gasteiger partial charge >= 0.3 is 17.7 Å². The van der Waals surface area contributed by atoms with E-state index in [0.29, 0.717) is 42.2 Å². The molecule has 1 aromatic heterocycles. The predicted molar refractivity (Wildman–Crippen MR) is 129 cm³/mol. The van der Waals surface area contributed by atoms with Crippen molar-refractivity contribution in [2.45, 2.75) is 84.7 Å². The summed E-state index contributed by atoms with van der Waals surface area (Å²) in [4.78, 5) is 37.2. The third-order valence-corrected chi connectivity index (χ3v) is 6.91. The van der Waals surface area contributed by atoms with Crippen molar-refractivity contribution in [3.63, 3.8) is 0 Å². The molecule has 7 heteroatoms. The summed E-state index contributed by atoms with van der Waals surface area (Å²) in [6.07, 6.45) is 6.42. The fourth-order valence-electron chi connectivity index (χ4n) is 5.07. The van der Waals surface area contributed by atoms with Gasteiger partial charge in [0, 0.05) is 23.1 Å². The van der Waals surface area contributed by atoms with Gasteiger partial charge in [-0.1, -0.05) is 0 Å². The molecule has 1 fully saturated rings. The molecule has 0 atom stereocenters. The van der Waals surface area contributed by atoms with Crippen molar-refractivity contribution in [2.75, 3.05) is 6.54 Å². The maximum absolute atomic E-state index is 12.9. The number of hydrogen-bond donors (Lipinski definition) is 1. The summed E-state index contributed by atoms with van der Waals surface area (Å²) in [5, 5.41) is 3.78. The van der Waals surface area contributed by atoms with Gasteiger partial charge in [-0.25, -0.2) is 9.59 Å². The van der Waals surface area contributed by atoms with Gasteiger partial charge in [0.2, 0.25) is 0 Å². The van der Waals surface area contributed by atoms with Crippen LogP contribution >= 0.6 is 0 Å². The number of carbonyl (C=O) groups excluding carboxylic acids is 2. The standard InChI is InChI=1S/C27H35NO6/c1-16-22(14-13-20-19-7-5-6-8-21(19)25(30)33-23(16)20)32-24(29)18-11-9-17(10-12-18)15-28-26(31)34-27(2,3)4/h13-14,17-18H,5-12,15H2,1-4H3,(H,28,31). The number of rotatable bonds is 4. The van der Waals surface area contributed by atoms with Crippen molar-refractivity contribution in [1.82, 2.24) is 5.32 Å². The summed E-state index contributed by atoms with van der Waals surface area (Å²) >= 11 is 0. The Hall–Kier alpha value is -2.83. The highest BCUT2D eigenvalue weighted by Crippen LogP contribution is 2.34. The number of benzene rings is 1. The summed E-state index contributed by atoms with van der Waals surface area (Å²) in [5.74, 6) is 0.342. The first-order chi connectivity index (χ1) is 16.1. The van der Waals surface area contributed by atoms with Gasteiger partial charge < -0.3 is 19.2 Å². The number of alkyl carbamates (subject to hydrolysis) is 1. The lowest BCUT2D eigenvalue weighted by Gasteiger charge is -2.28. The largest absolute Gasteiger partial charge is 0.444 e. The third-order valence-electron chi connectivity index (χ3n) is 6.91. The van der Waals surface area contributed by atoms with Crippen molar-refractivity contribution >= 4 is 23.0 Å². The van der Waals surface area contributed by atoms with E-state index in [0.717, 1.165) is 55.0 Å². The van der Waals surface area contributed by atoms with Crippen LogP contribution in [0.1, 0.15) is 76.0 Å². The quantitative estimate of drug-likeness (QED) is 0.375. The van der Waals surface area contributed by atoms with Gasteiger partial charge in [0.15, 0.2) is 0 Å². The van der Waals surface area contributed by atoms with E-state index in [2.05, 4.69) is 5.32 Å². The normalized spacial score (nSPS) is 20.5. The average Bonchev–Trinajstić information content (AvgIpc) is 2.79. The Morgan fingerprint density at radius 1 is 1.06 bits per heavy atom. The van der Waals surface area contributed by atoms with E-state index >= 15 is 0 Å². The minimum atomic E-state index is -0.520. The van der Waals surface area contributed by atoms with E-state index in [4.69, 9.17) is 13.9 Å². The van der Waals surface area contributed by atoms with Gasteiger partial charge in [-0.2, -0.15) is 0 Å². The predicted octanol–water partition coefficient (Wildman–Crippen LogP) is 5.22. The second-order valence-electron chi connectivity index (χ2n) is 10.6. The minimum Gasteiger partial charge on any atom is -0.444 e. The molecule has 34 heavy (non-hydrogen) atoms. The Bertz CT molecular complexity index is 1130. The van der Waals surface area contributed by atoms with Gasteiger partial charge in [-0.05, 0) is 103 Å². The third kappa shape index (κ3) is 5.45. The van der Waals surface area contributed by atoms with Crippen LogP contribution in [0.5, 0.6) is 5.75 Å². The number of amides is 1. The van der Waals surface area contributed by atoms with E-state index in [9.17, 15) is 14.4 Å². The molecule has 4 rings (SSSR count). The molecule has 0 saturated heterocycles. The zero-order chi connectivity index (χ0) is 24.5. The maximum atomic E-state index is 12.9. The molecular weight excluding hydrogens is 434 g/mol. The van der Waals surface area contributed by atoms with Gasteiger partial charge in [0.1, 0.15) is 16.9 Å². The molecule has 0 spiro atoms. The van der Waals surface area contributed by atoms with Gasteiger partial charge in [0.05, 0.1) is 5.92 Å². The van der Waals surface area contributed by atoms with Gasteiger partial charge in [-0.3, -0.25) is 4.79 Å². The van der Waals surface area contributed by atoms with Crippen LogP contribution in [0.4, 0.5) is 4.79 Å². The molecule has 0 unspecified atom stereocenters. The molecule has 0 aliphatic heterocycles. The summed E-state index contributed by atoms with van der Waals surface area (Å²) in [6, 6.07) is 3.73. The second kappa shape index (κ2) is 9.80. The van der Waals surface area contributed by atoms with E-state index in [-0.39, 0.29) is 17.5 Å².